The van der Waals surface area contributed by atoms with Gasteiger partial charge in [0.05, 0.1) is 11.3 Å². The van der Waals surface area contributed by atoms with Gasteiger partial charge in [0, 0.05) is 25.0 Å². The fraction of sp³-hybridized carbons (Fsp3) is 0.444. The van der Waals surface area contributed by atoms with Gasteiger partial charge in [0.15, 0.2) is 0 Å². The summed E-state index contributed by atoms with van der Waals surface area (Å²) in [6, 6.07) is 16.4. The zero-order valence-electron chi connectivity index (χ0n) is 18.9. The van der Waals surface area contributed by atoms with E-state index in [4.69, 9.17) is 4.74 Å². The number of nitrogens with zero attached hydrogens (tertiary/aromatic N) is 1. The second-order valence-electron chi connectivity index (χ2n) is 10.2. The molecular formula is C27H28N2O5. The number of rotatable bonds is 5. The minimum atomic E-state index is -0.832. The Balaban J connectivity index is 1.05. The maximum atomic E-state index is 13.1. The molecule has 1 heterocycles. The first-order chi connectivity index (χ1) is 16.5. The minimum Gasteiger partial charge on any atom is -0.481 e. The van der Waals surface area contributed by atoms with Crippen molar-refractivity contribution in [3.63, 3.8) is 0 Å². The molecule has 34 heavy (non-hydrogen) atoms. The molecule has 2 aromatic rings. The number of carbonyl (C=O) groups excluding carboxylic acids is 2. The highest BCUT2D eigenvalue weighted by atomic mass is 16.5. The predicted octanol–water partition coefficient (Wildman–Crippen LogP) is 3.63. The second kappa shape index (κ2) is 7.86. The molecule has 6 rings (SSSR count). The summed E-state index contributed by atoms with van der Waals surface area (Å²) in [7, 11) is 0. The van der Waals surface area contributed by atoms with Crippen LogP contribution in [-0.4, -0.2) is 53.7 Å². The van der Waals surface area contributed by atoms with Gasteiger partial charge >= 0.3 is 12.1 Å². The van der Waals surface area contributed by atoms with Crippen molar-refractivity contribution < 1.29 is 24.2 Å². The first-order valence-electron chi connectivity index (χ1n) is 12.1. The van der Waals surface area contributed by atoms with Gasteiger partial charge in [0.2, 0.25) is 5.91 Å². The predicted molar refractivity (Wildman–Crippen MR) is 124 cm³/mol. The number of carboxylic acid groups (broad SMARTS) is 1. The lowest BCUT2D eigenvalue weighted by Crippen LogP contribution is -2.39. The fourth-order valence-electron chi connectivity index (χ4n) is 6.53. The number of hydrogen-bond donors (Lipinski definition) is 2. The number of aliphatic carboxylic acids is 1. The fourth-order valence-corrected chi connectivity index (χ4v) is 6.53. The monoisotopic (exact) mass is 460 g/mol. The third-order valence-electron chi connectivity index (χ3n) is 8.33. The van der Waals surface area contributed by atoms with Crippen molar-refractivity contribution in [2.24, 2.45) is 17.3 Å². The lowest BCUT2D eigenvalue weighted by atomic mass is 9.98. The van der Waals surface area contributed by atoms with Crippen LogP contribution in [0.2, 0.25) is 0 Å². The van der Waals surface area contributed by atoms with Crippen molar-refractivity contribution in [1.29, 1.82) is 0 Å². The molecule has 7 nitrogen and oxygen atoms in total. The van der Waals surface area contributed by atoms with Crippen molar-refractivity contribution in [3.8, 4) is 11.1 Å². The molecule has 1 aliphatic heterocycles. The summed E-state index contributed by atoms with van der Waals surface area (Å²) in [5.41, 5.74) is 4.31. The summed E-state index contributed by atoms with van der Waals surface area (Å²) in [6.45, 7) is 1.08. The van der Waals surface area contributed by atoms with Crippen LogP contribution in [0.5, 0.6) is 0 Å². The number of amides is 2. The maximum Gasteiger partial charge on any atom is 0.407 e. The van der Waals surface area contributed by atoms with Crippen LogP contribution in [0.25, 0.3) is 11.1 Å². The van der Waals surface area contributed by atoms with Crippen molar-refractivity contribution in [2.45, 2.75) is 37.6 Å². The Bertz CT molecular complexity index is 1130. The number of carboxylic acids is 1. The number of likely N-dealkylation sites (tertiary alicyclic amines) is 1. The standard InChI is InChI=1S/C27H28N2O5/c30-24(31)16-9-10-29(14-16)25(32)27-12-17(27)11-18(13-27)28-26(33)34-15-23-21-7-3-1-5-19(21)20-6-2-4-8-22(20)23/h1-8,16-18,23H,9-15H2,(H,28,33)(H,30,31)/t16?,17-,18+,27+/m1/s1. The summed E-state index contributed by atoms with van der Waals surface area (Å²) >= 11 is 0. The third-order valence-corrected chi connectivity index (χ3v) is 8.33. The number of alkyl carbamates (subject to hydrolysis) is 1. The summed E-state index contributed by atoms with van der Waals surface area (Å²) in [5, 5.41) is 12.2. The number of nitrogens with one attached hydrogen (secondary N) is 1. The molecule has 2 saturated carbocycles. The van der Waals surface area contributed by atoms with Crippen molar-refractivity contribution >= 4 is 18.0 Å². The normalized spacial score (nSPS) is 28.7. The zero-order valence-corrected chi connectivity index (χ0v) is 18.9. The van der Waals surface area contributed by atoms with Gasteiger partial charge < -0.3 is 20.1 Å². The van der Waals surface area contributed by atoms with E-state index in [9.17, 15) is 19.5 Å². The van der Waals surface area contributed by atoms with Gasteiger partial charge in [-0.15, -0.1) is 0 Å². The van der Waals surface area contributed by atoms with E-state index in [2.05, 4.69) is 29.6 Å². The Morgan fingerprint density at radius 2 is 1.71 bits per heavy atom. The first kappa shape index (κ1) is 21.2. The van der Waals surface area contributed by atoms with E-state index in [1.807, 2.05) is 24.3 Å². The highest BCUT2D eigenvalue weighted by molar-refractivity contribution is 5.88. The van der Waals surface area contributed by atoms with E-state index in [1.165, 1.54) is 22.3 Å². The van der Waals surface area contributed by atoms with Gasteiger partial charge in [-0.05, 0) is 53.9 Å². The van der Waals surface area contributed by atoms with Gasteiger partial charge in [-0.2, -0.15) is 0 Å². The maximum absolute atomic E-state index is 13.1. The molecule has 1 saturated heterocycles. The molecule has 1 unspecified atom stereocenters. The Morgan fingerprint density at radius 3 is 2.35 bits per heavy atom. The molecule has 0 aromatic heterocycles. The quantitative estimate of drug-likeness (QED) is 0.711. The van der Waals surface area contributed by atoms with Crippen LogP contribution in [0.15, 0.2) is 48.5 Å². The zero-order chi connectivity index (χ0) is 23.4. The third kappa shape index (κ3) is 3.37. The lowest BCUT2D eigenvalue weighted by molar-refractivity contribution is -0.142. The van der Waals surface area contributed by atoms with Crippen LogP contribution in [0.3, 0.4) is 0 Å². The van der Waals surface area contributed by atoms with E-state index in [0.717, 1.165) is 12.8 Å². The van der Waals surface area contributed by atoms with E-state index < -0.39 is 23.4 Å². The molecule has 0 spiro atoms. The molecule has 0 radical (unpaired) electrons. The van der Waals surface area contributed by atoms with Crippen LogP contribution in [-0.2, 0) is 14.3 Å². The van der Waals surface area contributed by atoms with Crippen LogP contribution >= 0.6 is 0 Å². The summed E-state index contributed by atoms with van der Waals surface area (Å²) < 4.78 is 5.67. The van der Waals surface area contributed by atoms with Crippen LogP contribution < -0.4 is 5.32 Å². The Kier molecular flexibility index (Phi) is 4.90. The van der Waals surface area contributed by atoms with E-state index in [0.29, 0.717) is 25.9 Å². The SMILES string of the molecule is O=C(N[C@H]1C[C@@H]2C[C@]2(C(=O)N2CCC(C(=O)O)C2)C1)OCC1c2ccccc2-c2ccccc21. The van der Waals surface area contributed by atoms with Gasteiger partial charge in [-0.3, -0.25) is 9.59 Å². The first-order valence-corrected chi connectivity index (χ1v) is 12.1. The largest absolute Gasteiger partial charge is 0.481 e. The van der Waals surface area contributed by atoms with E-state index in [-0.39, 0.29) is 30.4 Å². The van der Waals surface area contributed by atoms with Gasteiger partial charge in [-0.25, -0.2) is 4.79 Å². The van der Waals surface area contributed by atoms with Crippen molar-refractivity contribution in [1.82, 2.24) is 10.2 Å². The molecule has 2 aromatic carbocycles. The highest BCUT2D eigenvalue weighted by Crippen LogP contribution is 2.64. The lowest BCUT2D eigenvalue weighted by Gasteiger charge is -2.23. The Morgan fingerprint density at radius 1 is 1.03 bits per heavy atom. The smallest absolute Gasteiger partial charge is 0.407 e. The number of hydrogen-bond acceptors (Lipinski definition) is 4. The number of benzene rings is 2. The summed E-state index contributed by atoms with van der Waals surface area (Å²) in [5.74, 6) is -0.948. The topological polar surface area (TPSA) is 95.9 Å². The van der Waals surface area contributed by atoms with E-state index >= 15 is 0 Å². The Hall–Kier alpha value is -3.35. The van der Waals surface area contributed by atoms with Gasteiger partial charge in [0.25, 0.3) is 0 Å². The molecule has 2 amide bonds. The number of ether oxygens (including phenoxy) is 1. The second-order valence-corrected chi connectivity index (χ2v) is 10.2. The van der Waals surface area contributed by atoms with Gasteiger partial charge in [0.1, 0.15) is 6.61 Å². The summed E-state index contributed by atoms with van der Waals surface area (Å²) in [6.07, 6.45) is 2.29. The molecule has 0 bridgehead atoms. The molecule has 4 aliphatic rings. The Labute approximate surface area is 198 Å². The van der Waals surface area contributed by atoms with Crippen LogP contribution in [0, 0.1) is 17.3 Å². The molecular weight excluding hydrogens is 432 g/mol. The number of carbonyl (C=O) groups is 3. The van der Waals surface area contributed by atoms with Crippen molar-refractivity contribution in [3.05, 3.63) is 59.7 Å². The summed E-state index contributed by atoms with van der Waals surface area (Å²) in [4.78, 5) is 38.8. The van der Waals surface area contributed by atoms with Gasteiger partial charge in [-0.1, -0.05) is 48.5 Å². The highest BCUT2D eigenvalue weighted by Gasteiger charge is 2.66. The van der Waals surface area contributed by atoms with Crippen LogP contribution in [0.1, 0.15) is 42.7 Å². The molecule has 176 valence electrons. The average molecular weight is 461 g/mol. The number of fused-ring (bicyclic) bond motifs is 4. The minimum absolute atomic E-state index is 0.0143. The van der Waals surface area contributed by atoms with Crippen LogP contribution in [0.4, 0.5) is 4.79 Å². The average Bonchev–Trinajstić information content (AvgIpc) is 3.18. The molecule has 4 atom stereocenters. The molecule has 3 aliphatic carbocycles. The molecule has 2 N–H and O–H groups in total. The van der Waals surface area contributed by atoms with E-state index in [1.54, 1.807) is 4.90 Å². The van der Waals surface area contributed by atoms with Crippen molar-refractivity contribution in [2.75, 3.05) is 19.7 Å². The molecule has 7 heteroatoms. The molecule has 3 fully saturated rings.